The predicted octanol–water partition coefficient (Wildman–Crippen LogP) is 1.40. The van der Waals surface area contributed by atoms with Crippen molar-refractivity contribution in [2.45, 2.75) is 45.8 Å². The molecule has 1 aromatic heterocycles. The van der Waals surface area contributed by atoms with Crippen LogP contribution in [0.25, 0.3) is 0 Å². The van der Waals surface area contributed by atoms with Gasteiger partial charge in [-0.3, -0.25) is 0 Å². The molecule has 0 aliphatic carbocycles. The lowest BCUT2D eigenvalue weighted by atomic mass is 10.0. The molecule has 0 saturated carbocycles. The standard InChI is InChI=1S/C23H38N8O3/c1-15-10-28(5)7-6-8-31(15)21-25-18(20(24)27-33)9-19(26-21)29-11-16-13-30(14-17(16)12-29)22(32)34-23(2,3)4/h9,15-17,33H,6-8,10-14H2,1-5H3,(H2,24,27)/t15-,16?,17?/m0/s1. The number of carbonyl (C=O) groups is 1. The Kier molecular flexibility index (Phi) is 6.75. The Labute approximate surface area is 201 Å². The Bertz CT molecular complexity index is 919. The first kappa shape index (κ1) is 24.3. The number of carbonyl (C=O) groups excluding carboxylic acids is 1. The molecular formula is C23H38N8O3. The number of likely N-dealkylation sites (tertiary alicyclic amines) is 1. The number of amidine groups is 1. The van der Waals surface area contributed by atoms with Crippen LogP contribution in [0.3, 0.4) is 0 Å². The quantitative estimate of drug-likeness (QED) is 0.290. The van der Waals surface area contributed by atoms with E-state index in [0.717, 1.165) is 45.0 Å². The van der Waals surface area contributed by atoms with Crippen LogP contribution in [0.2, 0.25) is 0 Å². The number of ether oxygens (including phenoxy) is 1. The van der Waals surface area contributed by atoms with Crippen LogP contribution in [0.1, 0.15) is 39.8 Å². The zero-order valence-corrected chi connectivity index (χ0v) is 20.9. The number of oxime groups is 1. The molecule has 0 bridgehead atoms. The van der Waals surface area contributed by atoms with Crippen molar-refractivity contribution in [1.82, 2.24) is 19.8 Å². The summed E-state index contributed by atoms with van der Waals surface area (Å²) in [6.45, 7) is 13.6. The van der Waals surface area contributed by atoms with Gasteiger partial charge in [-0.1, -0.05) is 5.16 Å². The number of likely N-dealkylation sites (N-methyl/N-ethyl adjacent to an activating group) is 1. The van der Waals surface area contributed by atoms with Crippen molar-refractivity contribution in [2.75, 3.05) is 62.7 Å². The number of anilines is 2. The van der Waals surface area contributed by atoms with Crippen LogP contribution >= 0.6 is 0 Å². The highest BCUT2D eigenvalue weighted by molar-refractivity contribution is 5.96. The topological polar surface area (TPSA) is 124 Å². The molecule has 1 aromatic rings. The first-order valence-electron chi connectivity index (χ1n) is 12.1. The maximum absolute atomic E-state index is 12.5. The first-order chi connectivity index (χ1) is 16.0. The third kappa shape index (κ3) is 5.29. The minimum Gasteiger partial charge on any atom is -0.444 e. The molecule has 3 atom stereocenters. The van der Waals surface area contributed by atoms with E-state index in [1.54, 1.807) is 6.07 Å². The zero-order chi connectivity index (χ0) is 24.6. The van der Waals surface area contributed by atoms with Crippen molar-refractivity contribution in [1.29, 1.82) is 0 Å². The number of hydrogen-bond donors (Lipinski definition) is 2. The average molecular weight is 475 g/mol. The lowest BCUT2D eigenvalue weighted by Crippen LogP contribution is -2.40. The Morgan fingerprint density at radius 3 is 2.44 bits per heavy atom. The number of aromatic nitrogens is 2. The van der Waals surface area contributed by atoms with Gasteiger partial charge in [-0.15, -0.1) is 0 Å². The van der Waals surface area contributed by atoms with Gasteiger partial charge in [0.05, 0.1) is 0 Å². The molecule has 2 unspecified atom stereocenters. The lowest BCUT2D eigenvalue weighted by molar-refractivity contribution is 0.0282. The third-order valence-electron chi connectivity index (χ3n) is 6.84. The third-order valence-corrected chi connectivity index (χ3v) is 6.84. The summed E-state index contributed by atoms with van der Waals surface area (Å²) in [5.74, 6) is 2.05. The molecule has 3 aliphatic heterocycles. The molecule has 4 rings (SSSR count). The largest absolute Gasteiger partial charge is 0.444 e. The second kappa shape index (κ2) is 9.44. The Morgan fingerprint density at radius 2 is 1.82 bits per heavy atom. The maximum atomic E-state index is 12.5. The van der Waals surface area contributed by atoms with Crippen molar-refractivity contribution < 1.29 is 14.7 Å². The second-order valence-corrected chi connectivity index (χ2v) is 10.9. The summed E-state index contributed by atoms with van der Waals surface area (Å²) in [4.78, 5) is 30.7. The number of hydrogen-bond acceptors (Lipinski definition) is 9. The Balaban J connectivity index is 1.53. The minimum absolute atomic E-state index is 0.0278. The van der Waals surface area contributed by atoms with Gasteiger partial charge >= 0.3 is 6.09 Å². The van der Waals surface area contributed by atoms with E-state index in [1.165, 1.54) is 0 Å². The van der Waals surface area contributed by atoms with E-state index in [2.05, 4.69) is 38.8 Å². The molecule has 11 heteroatoms. The van der Waals surface area contributed by atoms with E-state index in [0.29, 0.717) is 36.6 Å². The molecule has 34 heavy (non-hydrogen) atoms. The number of fused-ring (bicyclic) bond motifs is 1. The van der Waals surface area contributed by atoms with Crippen molar-refractivity contribution in [3.63, 3.8) is 0 Å². The molecule has 188 valence electrons. The van der Waals surface area contributed by atoms with Crippen LogP contribution in [0.5, 0.6) is 0 Å². The van der Waals surface area contributed by atoms with Crippen LogP contribution in [-0.2, 0) is 4.74 Å². The van der Waals surface area contributed by atoms with Crippen molar-refractivity contribution in [2.24, 2.45) is 22.7 Å². The molecule has 11 nitrogen and oxygen atoms in total. The van der Waals surface area contributed by atoms with Gasteiger partial charge in [0, 0.05) is 63.2 Å². The highest BCUT2D eigenvalue weighted by Crippen LogP contribution is 2.35. The fraction of sp³-hybridized carbons (Fsp3) is 0.739. The molecule has 4 heterocycles. The van der Waals surface area contributed by atoms with Crippen LogP contribution in [0, 0.1) is 11.8 Å². The van der Waals surface area contributed by atoms with Crippen LogP contribution in [0.15, 0.2) is 11.2 Å². The molecule has 0 aromatic carbocycles. The predicted molar refractivity (Wildman–Crippen MR) is 130 cm³/mol. The first-order valence-corrected chi connectivity index (χ1v) is 12.1. The summed E-state index contributed by atoms with van der Waals surface area (Å²) in [6.07, 6.45) is 0.772. The molecule has 0 spiro atoms. The van der Waals surface area contributed by atoms with Crippen LogP contribution in [-0.4, -0.2) is 101 Å². The van der Waals surface area contributed by atoms with Gasteiger partial charge in [0.1, 0.15) is 17.1 Å². The monoisotopic (exact) mass is 474 g/mol. The number of amides is 1. The summed E-state index contributed by atoms with van der Waals surface area (Å²) >= 11 is 0. The molecular weight excluding hydrogens is 436 g/mol. The molecule has 1 amide bonds. The van der Waals surface area contributed by atoms with E-state index >= 15 is 0 Å². The number of rotatable bonds is 3. The van der Waals surface area contributed by atoms with E-state index in [9.17, 15) is 10.0 Å². The van der Waals surface area contributed by atoms with Gasteiger partial charge in [0.2, 0.25) is 5.95 Å². The second-order valence-electron chi connectivity index (χ2n) is 10.9. The molecule has 3 N–H and O–H groups in total. The fourth-order valence-electron chi connectivity index (χ4n) is 5.22. The average Bonchev–Trinajstić information content (AvgIpc) is 3.29. The Hall–Kier alpha value is -2.82. The van der Waals surface area contributed by atoms with Gasteiger partial charge in [-0.25, -0.2) is 9.78 Å². The minimum atomic E-state index is -0.498. The smallest absolute Gasteiger partial charge is 0.410 e. The summed E-state index contributed by atoms with van der Waals surface area (Å²) in [5, 5.41) is 12.5. The van der Waals surface area contributed by atoms with Gasteiger partial charge < -0.3 is 35.3 Å². The van der Waals surface area contributed by atoms with Crippen molar-refractivity contribution >= 4 is 23.7 Å². The normalized spacial score (nSPS) is 26.6. The number of nitrogens with two attached hydrogens (primary N) is 1. The van der Waals surface area contributed by atoms with Crippen molar-refractivity contribution in [3.05, 3.63) is 11.8 Å². The van der Waals surface area contributed by atoms with E-state index in [4.69, 9.17) is 15.5 Å². The molecule has 3 saturated heterocycles. The molecule has 0 radical (unpaired) electrons. The fourth-order valence-corrected chi connectivity index (χ4v) is 5.22. The molecule has 3 fully saturated rings. The lowest BCUT2D eigenvalue weighted by Gasteiger charge is -2.30. The van der Waals surface area contributed by atoms with Gasteiger partial charge in [-0.2, -0.15) is 4.98 Å². The van der Waals surface area contributed by atoms with E-state index in [-0.39, 0.29) is 18.0 Å². The van der Waals surface area contributed by atoms with Crippen LogP contribution < -0.4 is 15.5 Å². The summed E-state index contributed by atoms with van der Waals surface area (Å²) in [7, 11) is 2.13. The summed E-state index contributed by atoms with van der Waals surface area (Å²) in [6, 6.07) is 2.03. The maximum Gasteiger partial charge on any atom is 0.410 e. The number of nitrogens with zero attached hydrogens (tertiary/aromatic N) is 7. The summed E-state index contributed by atoms with van der Waals surface area (Å²) in [5.41, 5.74) is 5.87. The van der Waals surface area contributed by atoms with E-state index < -0.39 is 5.60 Å². The van der Waals surface area contributed by atoms with E-state index in [1.807, 2.05) is 25.7 Å². The SMILES string of the molecule is C[C@H]1CN(C)CCCN1c1nc(/C(N)=N/O)cc(N2CC3CN(C(=O)OC(C)(C)C)CC3C2)n1. The van der Waals surface area contributed by atoms with Crippen LogP contribution in [0.4, 0.5) is 16.6 Å². The highest BCUT2D eigenvalue weighted by Gasteiger charge is 2.43. The van der Waals surface area contributed by atoms with Gasteiger partial charge in [0.15, 0.2) is 5.84 Å². The van der Waals surface area contributed by atoms with Crippen molar-refractivity contribution in [3.8, 4) is 0 Å². The van der Waals surface area contributed by atoms with Gasteiger partial charge in [-0.05, 0) is 47.7 Å². The Morgan fingerprint density at radius 1 is 1.15 bits per heavy atom. The van der Waals surface area contributed by atoms with Gasteiger partial charge in [0.25, 0.3) is 0 Å². The molecule has 3 aliphatic rings. The zero-order valence-electron chi connectivity index (χ0n) is 20.9. The highest BCUT2D eigenvalue weighted by atomic mass is 16.6. The summed E-state index contributed by atoms with van der Waals surface area (Å²) < 4.78 is 5.56.